The number of benzene rings is 1. The van der Waals surface area contributed by atoms with Crippen molar-refractivity contribution in [3.05, 3.63) is 52.4 Å². The minimum atomic E-state index is 0.886. The molecule has 0 spiro atoms. The Hall–Kier alpha value is -0.870. The Morgan fingerprint density at radius 1 is 1.29 bits per heavy atom. The maximum Gasteiger partial charge on any atom is 0.119 e. The average molecular weight is 313 g/mol. The van der Waals surface area contributed by atoms with E-state index < -0.39 is 0 Å². The molecule has 0 aliphatic heterocycles. The highest BCUT2D eigenvalue weighted by atomic mass is 79.9. The van der Waals surface area contributed by atoms with Crippen LogP contribution in [0.1, 0.15) is 11.3 Å². The van der Waals surface area contributed by atoms with Gasteiger partial charge in [-0.15, -0.1) is 11.8 Å². The van der Waals surface area contributed by atoms with E-state index in [4.69, 9.17) is 9.15 Å². The quantitative estimate of drug-likeness (QED) is 0.812. The number of furan rings is 1. The van der Waals surface area contributed by atoms with Crippen molar-refractivity contribution in [3.63, 3.8) is 0 Å². The number of hydrogen-bond donors (Lipinski definition) is 0. The molecule has 0 fully saturated rings. The summed E-state index contributed by atoms with van der Waals surface area (Å²) in [5.74, 6) is 3.71. The highest BCUT2D eigenvalue weighted by Crippen LogP contribution is 2.27. The van der Waals surface area contributed by atoms with E-state index in [1.165, 1.54) is 5.56 Å². The molecular weight excluding hydrogens is 300 g/mol. The summed E-state index contributed by atoms with van der Waals surface area (Å²) in [6.07, 6.45) is 1.71. The van der Waals surface area contributed by atoms with Gasteiger partial charge in [-0.25, -0.2) is 0 Å². The second-order valence-corrected chi connectivity index (χ2v) is 5.37. The Bertz CT molecular complexity index is 468. The molecule has 2 aromatic rings. The largest absolute Gasteiger partial charge is 0.497 e. The number of hydrogen-bond acceptors (Lipinski definition) is 3. The summed E-state index contributed by atoms with van der Waals surface area (Å²) in [5, 5.41) is 0. The van der Waals surface area contributed by atoms with Gasteiger partial charge >= 0.3 is 0 Å². The normalized spacial score (nSPS) is 10.5. The van der Waals surface area contributed by atoms with Gasteiger partial charge in [0.05, 0.1) is 19.1 Å². The van der Waals surface area contributed by atoms with Gasteiger partial charge in [0.2, 0.25) is 0 Å². The highest BCUT2D eigenvalue weighted by molar-refractivity contribution is 9.10. The summed E-state index contributed by atoms with van der Waals surface area (Å²) >= 11 is 5.36. The van der Waals surface area contributed by atoms with E-state index in [0.717, 1.165) is 27.5 Å². The van der Waals surface area contributed by atoms with Crippen molar-refractivity contribution < 1.29 is 9.15 Å². The first-order chi connectivity index (χ1) is 8.29. The predicted octanol–water partition coefficient (Wildman–Crippen LogP) is 4.48. The molecule has 0 bridgehead atoms. The lowest BCUT2D eigenvalue weighted by Gasteiger charge is -2.06. The maximum absolute atomic E-state index is 5.29. The molecule has 0 aliphatic carbocycles. The predicted molar refractivity (Wildman–Crippen MR) is 74.4 cm³/mol. The Morgan fingerprint density at radius 2 is 2.18 bits per heavy atom. The summed E-state index contributed by atoms with van der Waals surface area (Å²) in [5.41, 5.74) is 1.24. The third kappa shape index (κ3) is 3.54. The van der Waals surface area contributed by atoms with Crippen LogP contribution in [0.2, 0.25) is 0 Å². The topological polar surface area (TPSA) is 22.4 Å². The molecule has 1 heterocycles. The summed E-state index contributed by atoms with van der Waals surface area (Å²) < 4.78 is 11.6. The van der Waals surface area contributed by atoms with Crippen LogP contribution in [0.5, 0.6) is 5.75 Å². The van der Waals surface area contributed by atoms with Crippen molar-refractivity contribution in [1.82, 2.24) is 0 Å². The van der Waals surface area contributed by atoms with Gasteiger partial charge in [-0.3, -0.25) is 0 Å². The van der Waals surface area contributed by atoms with E-state index in [1.807, 2.05) is 36.0 Å². The van der Waals surface area contributed by atoms with Crippen molar-refractivity contribution in [2.75, 3.05) is 7.11 Å². The van der Waals surface area contributed by atoms with Gasteiger partial charge in [0.1, 0.15) is 11.5 Å². The van der Waals surface area contributed by atoms with Crippen molar-refractivity contribution in [3.8, 4) is 5.75 Å². The molecule has 4 heteroatoms. The summed E-state index contributed by atoms with van der Waals surface area (Å²) in [6, 6.07) is 9.93. The summed E-state index contributed by atoms with van der Waals surface area (Å²) in [6.45, 7) is 0. The molecule has 17 heavy (non-hydrogen) atoms. The van der Waals surface area contributed by atoms with Crippen LogP contribution in [0.25, 0.3) is 0 Å². The van der Waals surface area contributed by atoms with Gasteiger partial charge in [-0.05, 0) is 35.9 Å². The standard InChI is InChI=1S/C13H13BrO2S/c1-15-11-4-5-13(14)10(7-11)8-17-9-12-3-2-6-16-12/h2-7H,8-9H2,1H3. The van der Waals surface area contributed by atoms with Gasteiger partial charge in [-0.2, -0.15) is 0 Å². The smallest absolute Gasteiger partial charge is 0.119 e. The second-order valence-electron chi connectivity index (χ2n) is 3.53. The lowest BCUT2D eigenvalue weighted by Crippen LogP contribution is -1.88. The zero-order chi connectivity index (χ0) is 12.1. The van der Waals surface area contributed by atoms with E-state index >= 15 is 0 Å². The zero-order valence-electron chi connectivity index (χ0n) is 9.48. The van der Waals surface area contributed by atoms with Gasteiger partial charge in [0.25, 0.3) is 0 Å². The lowest BCUT2D eigenvalue weighted by molar-refractivity contribution is 0.414. The molecule has 1 aromatic carbocycles. The van der Waals surface area contributed by atoms with Crippen molar-refractivity contribution in [2.45, 2.75) is 11.5 Å². The van der Waals surface area contributed by atoms with E-state index in [9.17, 15) is 0 Å². The van der Waals surface area contributed by atoms with Gasteiger partial charge < -0.3 is 9.15 Å². The summed E-state index contributed by atoms with van der Waals surface area (Å²) in [4.78, 5) is 0. The molecule has 0 saturated heterocycles. The fourth-order valence-corrected chi connectivity index (χ4v) is 2.94. The molecule has 2 rings (SSSR count). The molecule has 0 amide bonds. The fourth-order valence-electron chi connectivity index (χ4n) is 1.44. The molecule has 0 saturated carbocycles. The molecule has 90 valence electrons. The second kappa shape index (κ2) is 6.17. The van der Waals surface area contributed by atoms with Crippen LogP contribution in [0.3, 0.4) is 0 Å². The van der Waals surface area contributed by atoms with Crippen LogP contribution < -0.4 is 4.74 Å². The molecule has 0 unspecified atom stereocenters. The van der Waals surface area contributed by atoms with E-state index in [-0.39, 0.29) is 0 Å². The average Bonchev–Trinajstić information content (AvgIpc) is 2.84. The van der Waals surface area contributed by atoms with Crippen molar-refractivity contribution in [1.29, 1.82) is 0 Å². The van der Waals surface area contributed by atoms with Crippen LogP contribution in [0, 0.1) is 0 Å². The van der Waals surface area contributed by atoms with Crippen LogP contribution >= 0.6 is 27.7 Å². The number of methoxy groups -OCH3 is 1. The summed E-state index contributed by atoms with van der Waals surface area (Å²) in [7, 11) is 1.68. The first kappa shape index (κ1) is 12.6. The SMILES string of the molecule is COc1ccc(Br)c(CSCc2ccco2)c1. The molecular formula is C13H13BrO2S. The highest BCUT2D eigenvalue weighted by Gasteiger charge is 2.03. The molecule has 0 radical (unpaired) electrons. The van der Waals surface area contributed by atoms with Crippen LogP contribution in [0.15, 0.2) is 45.5 Å². The Kier molecular flexibility index (Phi) is 4.57. The van der Waals surface area contributed by atoms with Gasteiger partial charge in [0, 0.05) is 10.2 Å². The number of ether oxygens (including phenoxy) is 1. The minimum Gasteiger partial charge on any atom is -0.497 e. The number of rotatable bonds is 5. The molecule has 2 nitrogen and oxygen atoms in total. The molecule has 0 aliphatic rings. The van der Waals surface area contributed by atoms with Crippen molar-refractivity contribution in [2.24, 2.45) is 0 Å². The van der Waals surface area contributed by atoms with E-state index in [2.05, 4.69) is 22.0 Å². The van der Waals surface area contributed by atoms with Gasteiger partial charge in [-0.1, -0.05) is 15.9 Å². The number of halogens is 1. The molecule has 1 aromatic heterocycles. The van der Waals surface area contributed by atoms with Crippen LogP contribution in [0.4, 0.5) is 0 Å². The third-order valence-electron chi connectivity index (χ3n) is 2.33. The Labute approximate surface area is 113 Å². The monoisotopic (exact) mass is 312 g/mol. The first-order valence-corrected chi connectivity index (χ1v) is 7.17. The van der Waals surface area contributed by atoms with E-state index in [1.54, 1.807) is 13.4 Å². The van der Waals surface area contributed by atoms with Crippen LogP contribution in [-0.2, 0) is 11.5 Å². The minimum absolute atomic E-state index is 0.886. The van der Waals surface area contributed by atoms with Crippen LogP contribution in [-0.4, -0.2) is 7.11 Å². The number of thioether (sulfide) groups is 1. The van der Waals surface area contributed by atoms with E-state index in [0.29, 0.717) is 0 Å². The Morgan fingerprint density at radius 3 is 2.88 bits per heavy atom. The fraction of sp³-hybridized carbons (Fsp3) is 0.231. The lowest BCUT2D eigenvalue weighted by atomic mass is 10.2. The molecule has 0 atom stereocenters. The Balaban J connectivity index is 1.94. The zero-order valence-corrected chi connectivity index (χ0v) is 11.9. The molecule has 0 N–H and O–H groups in total. The first-order valence-electron chi connectivity index (χ1n) is 5.22. The third-order valence-corrected chi connectivity index (χ3v) is 4.11. The maximum atomic E-state index is 5.29. The van der Waals surface area contributed by atoms with Gasteiger partial charge in [0.15, 0.2) is 0 Å². The van der Waals surface area contributed by atoms with Crippen molar-refractivity contribution >= 4 is 27.7 Å².